The highest BCUT2D eigenvalue weighted by Gasteiger charge is 2.10. The van der Waals surface area contributed by atoms with Gasteiger partial charge in [-0.3, -0.25) is 0 Å². The van der Waals surface area contributed by atoms with Crippen molar-refractivity contribution < 1.29 is 9.53 Å². The molecule has 98 valence electrons. The maximum Gasteiger partial charge on any atom is 0.127 e. The van der Waals surface area contributed by atoms with Crippen LogP contribution in [0.3, 0.4) is 0 Å². The molecule has 0 amide bonds. The van der Waals surface area contributed by atoms with Gasteiger partial charge in [0.15, 0.2) is 0 Å². The molecule has 19 heavy (non-hydrogen) atoms. The van der Waals surface area contributed by atoms with Gasteiger partial charge in [0.25, 0.3) is 0 Å². The lowest BCUT2D eigenvalue weighted by Gasteiger charge is -2.12. The van der Waals surface area contributed by atoms with Crippen molar-refractivity contribution in [1.29, 1.82) is 0 Å². The number of benzene rings is 2. The first-order valence-electron chi connectivity index (χ1n) is 6.05. The highest BCUT2D eigenvalue weighted by Crippen LogP contribution is 2.33. The highest BCUT2D eigenvalue weighted by molar-refractivity contribution is 6.30. The van der Waals surface area contributed by atoms with Crippen LogP contribution in [0.1, 0.15) is 18.4 Å². The average molecular weight is 275 g/mol. The van der Waals surface area contributed by atoms with Gasteiger partial charge in [0.2, 0.25) is 0 Å². The van der Waals surface area contributed by atoms with E-state index in [1.807, 2.05) is 49.4 Å². The van der Waals surface area contributed by atoms with Crippen LogP contribution in [0, 0.1) is 0 Å². The largest absolute Gasteiger partial charge is 0.496 e. The Morgan fingerprint density at radius 1 is 1.16 bits per heavy atom. The SMILES string of the molecule is COc1cc(C(C)C=O)ccc1-c1ccc(Cl)cc1. The number of halogens is 1. The fourth-order valence-electron chi connectivity index (χ4n) is 1.94. The van der Waals surface area contributed by atoms with Crippen LogP contribution in [0.5, 0.6) is 5.75 Å². The third kappa shape index (κ3) is 2.96. The third-order valence-corrected chi connectivity index (χ3v) is 3.36. The second-order valence-electron chi connectivity index (χ2n) is 4.39. The fraction of sp³-hybridized carbons (Fsp3) is 0.188. The quantitative estimate of drug-likeness (QED) is 0.776. The Morgan fingerprint density at radius 2 is 1.84 bits per heavy atom. The summed E-state index contributed by atoms with van der Waals surface area (Å²) in [5.41, 5.74) is 2.97. The lowest BCUT2D eigenvalue weighted by atomic mass is 9.97. The smallest absolute Gasteiger partial charge is 0.127 e. The Hall–Kier alpha value is -1.80. The fourth-order valence-corrected chi connectivity index (χ4v) is 2.06. The molecule has 0 bridgehead atoms. The minimum absolute atomic E-state index is 0.131. The second kappa shape index (κ2) is 5.89. The minimum Gasteiger partial charge on any atom is -0.496 e. The molecule has 0 heterocycles. The summed E-state index contributed by atoms with van der Waals surface area (Å²) in [5.74, 6) is 0.627. The number of carbonyl (C=O) groups is 1. The molecule has 0 fully saturated rings. The van der Waals surface area contributed by atoms with Crippen molar-refractivity contribution in [3.63, 3.8) is 0 Å². The molecule has 2 aromatic carbocycles. The van der Waals surface area contributed by atoms with E-state index in [2.05, 4.69) is 0 Å². The Balaban J connectivity index is 2.46. The van der Waals surface area contributed by atoms with E-state index in [1.165, 1.54) is 0 Å². The van der Waals surface area contributed by atoms with Crippen molar-refractivity contribution in [3.8, 4) is 16.9 Å². The second-order valence-corrected chi connectivity index (χ2v) is 4.83. The predicted molar refractivity (Wildman–Crippen MR) is 77.9 cm³/mol. The van der Waals surface area contributed by atoms with Gasteiger partial charge < -0.3 is 9.53 Å². The van der Waals surface area contributed by atoms with Gasteiger partial charge in [0, 0.05) is 16.5 Å². The van der Waals surface area contributed by atoms with E-state index in [0.29, 0.717) is 5.02 Å². The van der Waals surface area contributed by atoms with E-state index in [0.717, 1.165) is 28.7 Å². The van der Waals surface area contributed by atoms with Crippen LogP contribution in [0.4, 0.5) is 0 Å². The lowest BCUT2D eigenvalue weighted by molar-refractivity contribution is -0.108. The molecule has 0 radical (unpaired) electrons. The van der Waals surface area contributed by atoms with Crippen LogP contribution in [-0.2, 0) is 4.79 Å². The van der Waals surface area contributed by atoms with Crippen molar-refractivity contribution in [2.75, 3.05) is 7.11 Å². The van der Waals surface area contributed by atoms with Gasteiger partial charge in [-0.25, -0.2) is 0 Å². The molecule has 1 unspecified atom stereocenters. The summed E-state index contributed by atoms with van der Waals surface area (Å²) < 4.78 is 5.42. The molecule has 0 saturated heterocycles. The first-order valence-corrected chi connectivity index (χ1v) is 6.42. The molecule has 2 rings (SSSR count). The standard InChI is InChI=1S/C16H15ClO2/c1-11(10-18)13-5-8-15(16(9-13)19-2)12-3-6-14(17)7-4-12/h3-11H,1-2H3. The van der Waals surface area contributed by atoms with Crippen molar-refractivity contribution in [1.82, 2.24) is 0 Å². The molecule has 0 aliphatic rings. The number of carbonyl (C=O) groups excluding carboxylic acids is 1. The summed E-state index contributed by atoms with van der Waals surface area (Å²) in [5, 5.41) is 0.703. The summed E-state index contributed by atoms with van der Waals surface area (Å²) >= 11 is 5.89. The summed E-state index contributed by atoms with van der Waals surface area (Å²) in [6.45, 7) is 1.86. The molecule has 0 aliphatic carbocycles. The Labute approximate surface area is 118 Å². The van der Waals surface area contributed by atoms with Gasteiger partial charge in [-0.2, -0.15) is 0 Å². The van der Waals surface area contributed by atoms with E-state index in [9.17, 15) is 4.79 Å². The first kappa shape index (κ1) is 13.6. The summed E-state index contributed by atoms with van der Waals surface area (Å²) in [4.78, 5) is 10.8. The molecule has 0 N–H and O–H groups in total. The lowest BCUT2D eigenvalue weighted by Crippen LogP contribution is -1.96. The number of ether oxygens (including phenoxy) is 1. The number of rotatable bonds is 4. The molecule has 0 aliphatic heterocycles. The highest BCUT2D eigenvalue weighted by atomic mass is 35.5. The molecular formula is C16H15ClO2. The molecule has 2 aromatic rings. The maximum absolute atomic E-state index is 10.8. The van der Waals surface area contributed by atoms with Crippen LogP contribution in [0.25, 0.3) is 11.1 Å². The molecule has 1 atom stereocenters. The Bertz CT molecular complexity index is 576. The topological polar surface area (TPSA) is 26.3 Å². The van der Waals surface area contributed by atoms with Crippen LogP contribution in [-0.4, -0.2) is 13.4 Å². The van der Waals surface area contributed by atoms with Crippen molar-refractivity contribution in [3.05, 3.63) is 53.1 Å². The third-order valence-electron chi connectivity index (χ3n) is 3.11. The van der Waals surface area contributed by atoms with Gasteiger partial charge in [-0.05, 0) is 29.3 Å². The molecule has 0 aromatic heterocycles. The number of hydrogen-bond donors (Lipinski definition) is 0. The van der Waals surface area contributed by atoms with Crippen molar-refractivity contribution in [2.45, 2.75) is 12.8 Å². The normalized spacial score (nSPS) is 11.9. The summed E-state index contributed by atoms with van der Waals surface area (Å²) in [6.07, 6.45) is 0.927. The van der Waals surface area contributed by atoms with Crippen LogP contribution in [0.2, 0.25) is 5.02 Å². The summed E-state index contributed by atoms with van der Waals surface area (Å²) in [7, 11) is 1.63. The van der Waals surface area contributed by atoms with Crippen LogP contribution >= 0.6 is 11.6 Å². The van der Waals surface area contributed by atoms with E-state index in [1.54, 1.807) is 7.11 Å². The van der Waals surface area contributed by atoms with E-state index in [4.69, 9.17) is 16.3 Å². The molecule has 0 saturated carbocycles. The number of hydrogen-bond acceptors (Lipinski definition) is 2. The van der Waals surface area contributed by atoms with Gasteiger partial charge in [-0.1, -0.05) is 42.8 Å². The maximum atomic E-state index is 10.8. The summed E-state index contributed by atoms with van der Waals surface area (Å²) in [6, 6.07) is 13.4. The molecule has 0 spiro atoms. The molecular weight excluding hydrogens is 260 g/mol. The first-order chi connectivity index (χ1) is 9.15. The molecule has 3 heteroatoms. The zero-order valence-electron chi connectivity index (χ0n) is 10.9. The van der Waals surface area contributed by atoms with Gasteiger partial charge in [0.1, 0.15) is 12.0 Å². The van der Waals surface area contributed by atoms with E-state index >= 15 is 0 Å². The predicted octanol–water partition coefficient (Wildman–Crippen LogP) is 4.32. The number of methoxy groups -OCH3 is 1. The zero-order valence-corrected chi connectivity index (χ0v) is 11.6. The number of aldehydes is 1. The Kier molecular flexibility index (Phi) is 4.23. The molecule has 2 nitrogen and oxygen atoms in total. The average Bonchev–Trinajstić information content (AvgIpc) is 2.46. The van der Waals surface area contributed by atoms with Crippen LogP contribution in [0.15, 0.2) is 42.5 Å². The van der Waals surface area contributed by atoms with Gasteiger partial charge >= 0.3 is 0 Å². The minimum atomic E-state index is -0.131. The van der Waals surface area contributed by atoms with Crippen LogP contribution < -0.4 is 4.74 Å². The van der Waals surface area contributed by atoms with Gasteiger partial charge in [0.05, 0.1) is 7.11 Å². The van der Waals surface area contributed by atoms with Crippen molar-refractivity contribution in [2.24, 2.45) is 0 Å². The van der Waals surface area contributed by atoms with Crippen molar-refractivity contribution >= 4 is 17.9 Å². The van der Waals surface area contributed by atoms with E-state index < -0.39 is 0 Å². The Morgan fingerprint density at radius 3 is 2.42 bits per heavy atom. The van der Waals surface area contributed by atoms with E-state index in [-0.39, 0.29) is 5.92 Å². The van der Waals surface area contributed by atoms with Gasteiger partial charge in [-0.15, -0.1) is 0 Å². The zero-order chi connectivity index (χ0) is 13.8. The monoisotopic (exact) mass is 274 g/mol.